The Labute approximate surface area is 104 Å². The van der Waals surface area contributed by atoms with Crippen molar-refractivity contribution in [3.63, 3.8) is 0 Å². The minimum atomic E-state index is 0.298. The SMILES string of the molecule is CC1NC(=NCCCCCO)SC1CBr. The first kappa shape index (κ1) is 13.3. The van der Waals surface area contributed by atoms with Crippen LogP contribution in [0.25, 0.3) is 0 Å². The molecule has 1 rings (SSSR count). The lowest BCUT2D eigenvalue weighted by Gasteiger charge is -2.07. The van der Waals surface area contributed by atoms with Crippen LogP contribution < -0.4 is 5.32 Å². The highest BCUT2D eigenvalue weighted by atomic mass is 79.9. The molecule has 2 atom stereocenters. The molecule has 2 N–H and O–H groups in total. The molecular formula is C10H19BrN2OS. The van der Waals surface area contributed by atoms with Gasteiger partial charge in [0.2, 0.25) is 0 Å². The molecule has 0 radical (unpaired) electrons. The second-order valence-corrected chi connectivity index (χ2v) is 5.59. The number of rotatable bonds is 6. The second-order valence-electron chi connectivity index (χ2n) is 3.71. The minimum Gasteiger partial charge on any atom is -0.396 e. The molecule has 0 saturated carbocycles. The van der Waals surface area contributed by atoms with Gasteiger partial charge in [-0.2, -0.15) is 0 Å². The molecule has 0 bridgehead atoms. The third-order valence-electron chi connectivity index (χ3n) is 2.40. The first-order valence-electron chi connectivity index (χ1n) is 5.42. The number of nitrogens with one attached hydrogen (secondary N) is 1. The number of unbranched alkanes of at least 4 members (excludes halogenated alkanes) is 2. The molecule has 15 heavy (non-hydrogen) atoms. The summed E-state index contributed by atoms with van der Waals surface area (Å²) >= 11 is 5.33. The number of thioether (sulfide) groups is 1. The van der Waals surface area contributed by atoms with Crippen LogP contribution in [0.15, 0.2) is 4.99 Å². The molecular weight excluding hydrogens is 276 g/mol. The highest BCUT2D eigenvalue weighted by Crippen LogP contribution is 2.24. The highest BCUT2D eigenvalue weighted by Gasteiger charge is 2.26. The van der Waals surface area contributed by atoms with E-state index in [2.05, 4.69) is 33.2 Å². The van der Waals surface area contributed by atoms with E-state index in [4.69, 9.17) is 5.11 Å². The summed E-state index contributed by atoms with van der Waals surface area (Å²) < 4.78 is 0. The van der Waals surface area contributed by atoms with Crippen LogP contribution in [0, 0.1) is 0 Å². The summed E-state index contributed by atoms with van der Waals surface area (Å²) in [6.45, 7) is 3.36. The molecule has 0 amide bonds. The molecule has 1 fully saturated rings. The van der Waals surface area contributed by atoms with Gasteiger partial charge in [-0.1, -0.05) is 27.7 Å². The summed E-state index contributed by atoms with van der Waals surface area (Å²) in [6.07, 6.45) is 3.03. The van der Waals surface area contributed by atoms with Gasteiger partial charge < -0.3 is 10.4 Å². The van der Waals surface area contributed by atoms with E-state index in [0.29, 0.717) is 17.9 Å². The molecule has 0 aromatic rings. The summed E-state index contributed by atoms with van der Waals surface area (Å²) in [7, 11) is 0. The maximum absolute atomic E-state index is 8.62. The maximum Gasteiger partial charge on any atom is 0.157 e. The Kier molecular flexibility index (Phi) is 6.68. The number of hydrogen-bond acceptors (Lipinski definition) is 3. The summed E-state index contributed by atoms with van der Waals surface area (Å²) in [6, 6.07) is 0.505. The topological polar surface area (TPSA) is 44.6 Å². The van der Waals surface area contributed by atoms with E-state index in [1.54, 1.807) is 0 Å². The van der Waals surface area contributed by atoms with Crippen molar-refractivity contribution in [1.29, 1.82) is 0 Å². The van der Waals surface area contributed by atoms with Crippen molar-refractivity contribution in [3.05, 3.63) is 0 Å². The van der Waals surface area contributed by atoms with E-state index in [0.717, 1.165) is 36.3 Å². The molecule has 1 saturated heterocycles. The average Bonchev–Trinajstić information content (AvgIpc) is 2.59. The molecule has 0 aromatic heterocycles. The van der Waals surface area contributed by atoms with Crippen LogP contribution in [0.2, 0.25) is 0 Å². The molecule has 1 aliphatic rings. The lowest BCUT2D eigenvalue weighted by Crippen LogP contribution is -2.28. The fourth-order valence-electron chi connectivity index (χ4n) is 1.40. The van der Waals surface area contributed by atoms with Crippen LogP contribution in [0.4, 0.5) is 0 Å². The van der Waals surface area contributed by atoms with Crippen molar-refractivity contribution < 1.29 is 5.11 Å². The van der Waals surface area contributed by atoms with Crippen LogP contribution >= 0.6 is 27.7 Å². The Bertz CT molecular complexity index is 214. The quantitative estimate of drug-likeness (QED) is 0.582. The summed E-state index contributed by atoms with van der Waals surface area (Å²) in [5, 5.41) is 14.7. The number of aliphatic imine (C=N–C) groups is 1. The van der Waals surface area contributed by atoms with Crippen LogP contribution in [0.3, 0.4) is 0 Å². The van der Waals surface area contributed by atoms with Gasteiger partial charge >= 0.3 is 0 Å². The Balaban J connectivity index is 2.18. The number of halogens is 1. The van der Waals surface area contributed by atoms with Crippen LogP contribution in [-0.2, 0) is 0 Å². The van der Waals surface area contributed by atoms with E-state index in [-0.39, 0.29) is 0 Å². The van der Waals surface area contributed by atoms with E-state index < -0.39 is 0 Å². The van der Waals surface area contributed by atoms with E-state index in [1.165, 1.54) is 0 Å². The van der Waals surface area contributed by atoms with Gasteiger partial charge in [0.25, 0.3) is 0 Å². The van der Waals surface area contributed by atoms with Crippen molar-refractivity contribution in [1.82, 2.24) is 5.32 Å². The Morgan fingerprint density at radius 2 is 2.27 bits per heavy atom. The maximum atomic E-state index is 8.62. The van der Waals surface area contributed by atoms with Gasteiger partial charge in [0.15, 0.2) is 5.17 Å². The normalized spacial score (nSPS) is 28.3. The van der Waals surface area contributed by atoms with Crippen LogP contribution in [0.1, 0.15) is 26.2 Å². The third kappa shape index (κ3) is 4.74. The van der Waals surface area contributed by atoms with Crippen LogP contribution in [-0.4, -0.2) is 40.0 Å². The smallest absolute Gasteiger partial charge is 0.157 e. The lowest BCUT2D eigenvalue weighted by molar-refractivity contribution is 0.283. The second kappa shape index (κ2) is 7.52. The van der Waals surface area contributed by atoms with Gasteiger partial charge in [0, 0.05) is 29.8 Å². The molecule has 0 aromatic carbocycles. The van der Waals surface area contributed by atoms with Crippen molar-refractivity contribution in [2.75, 3.05) is 18.5 Å². The number of alkyl halides is 1. The zero-order valence-corrected chi connectivity index (χ0v) is 11.5. The number of aliphatic hydroxyl groups excluding tert-OH is 1. The van der Waals surface area contributed by atoms with Gasteiger partial charge in [-0.05, 0) is 26.2 Å². The number of amidine groups is 1. The molecule has 0 aliphatic carbocycles. The van der Waals surface area contributed by atoms with E-state index >= 15 is 0 Å². The molecule has 2 unspecified atom stereocenters. The van der Waals surface area contributed by atoms with Crippen molar-refractivity contribution in [3.8, 4) is 0 Å². The Morgan fingerprint density at radius 1 is 1.47 bits per heavy atom. The number of aliphatic hydroxyl groups is 1. The largest absolute Gasteiger partial charge is 0.396 e. The van der Waals surface area contributed by atoms with E-state index in [1.807, 2.05) is 11.8 Å². The molecule has 3 nitrogen and oxygen atoms in total. The Morgan fingerprint density at radius 3 is 2.87 bits per heavy atom. The fourth-order valence-corrected chi connectivity index (χ4v) is 3.40. The third-order valence-corrected chi connectivity index (χ3v) is 4.87. The van der Waals surface area contributed by atoms with Crippen molar-refractivity contribution in [2.24, 2.45) is 4.99 Å². The molecule has 1 heterocycles. The minimum absolute atomic E-state index is 0.298. The molecule has 5 heteroatoms. The Hall–Kier alpha value is 0.260. The van der Waals surface area contributed by atoms with Crippen LogP contribution in [0.5, 0.6) is 0 Å². The molecule has 1 aliphatic heterocycles. The summed E-state index contributed by atoms with van der Waals surface area (Å²) in [5.74, 6) is 0. The van der Waals surface area contributed by atoms with E-state index in [9.17, 15) is 0 Å². The average molecular weight is 295 g/mol. The van der Waals surface area contributed by atoms with Gasteiger partial charge in [-0.25, -0.2) is 0 Å². The predicted molar refractivity (Wildman–Crippen MR) is 71.0 cm³/mol. The predicted octanol–water partition coefficient (Wildman–Crippen LogP) is 1.99. The molecule has 0 spiro atoms. The van der Waals surface area contributed by atoms with Gasteiger partial charge in [0.05, 0.1) is 0 Å². The monoisotopic (exact) mass is 294 g/mol. The number of hydrogen-bond donors (Lipinski definition) is 2. The standard InChI is InChI=1S/C10H19BrN2OS/c1-8-9(7-11)15-10(13-8)12-5-3-2-4-6-14/h8-9,14H,2-7H2,1H3,(H,12,13). The first-order chi connectivity index (χ1) is 7.27. The highest BCUT2D eigenvalue weighted by molar-refractivity contribution is 9.09. The van der Waals surface area contributed by atoms with Gasteiger partial charge in [0.1, 0.15) is 0 Å². The zero-order chi connectivity index (χ0) is 11.1. The lowest BCUT2D eigenvalue weighted by atomic mass is 10.2. The summed E-state index contributed by atoms with van der Waals surface area (Å²) in [5.41, 5.74) is 0. The molecule has 88 valence electrons. The van der Waals surface area contributed by atoms with Crippen molar-refractivity contribution in [2.45, 2.75) is 37.5 Å². The number of nitrogens with zero attached hydrogens (tertiary/aromatic N) is 1. The summed E-state index contributed by atoms with van der Waals surface area (Å²) in [4.78, 5) is 4.51. The fraction of sp³-hybridized carbons (Fsp3) is 0.900. The van der Waals surface area contributed by atoms with Crippen molar-refractivity contribution >= 4 is 32.9 Å². The van der Waals surface area contributed by atoms with Gasteiger partial charge in [-0.15, -0.1) is 0 Å². The first-order valence-corrected chi connectivity index (χ1v) is 7.42. The zero-order valence-electron chi connectivity index (χ0n) is 9.08. The van der Waals surface area contributed by atoms with Gasteiger partial charge in [-0.3, -0.25) is 4.99 Å².